The van der Waals surface area contributed by atoms with E-state index in [1.165, 1.54) is 15.6 Å². The molecule has 0 radical (unpaired) electrons. The molecule has 1 rings (SSSR count). The van der Waals surface area contributed by atoms with Gasteiger partial charge in [-0.05, 0) is 23.2 Å². The summed E-state index contributed by atoms with van der Waals surface area (Å²) in [4.78, 5) is 0. The highest BCUT2D eigenvalue weighted by Crippen LogP contribution is 2.28. The molecule has 0 fully saturated rings. The summed E-state index contributed by atoms with van der Waals surface area (Å²) in [6, 6.07) is 0. The molecule has 0 heterocycles. The quantitative estimate of drug-likeness (QED) is 0.589. The molecule has 0 nitrogen and oxygen atoms in total. The molecule has 0 N–H and O–H groups in total. The molecular formula is C11H15Br. The molecule has 0 bridgehead atoms. The molecule has 0 amide bonds. The van der Waals surface area contributed by atoms with Crippen molar-refractivity contribution >= 4 is 15.9 Å². The highest BCUT2D eigenvalue weighted by atomic mass is 79.9. The third-order valence-electron chi connectivity index (χ3n) is 2.09. The first-order valence-electron chi connectivity index (χ1n) is 4.31. The van der Waals surface area contributed by atoms with Gasteiger partial charge in [-0.1, -0.05) is 59.7 Å². The largest absolute Gasteiger partial charge is 0.0992 e. The molecule has 0 saturated carbocycles. The van der Waals surface area contributed by atoms with Gasteiger partial charge in [-0.3, -0.25) is 0 Å². The van der Waals surface area contributed by atoms with Gasteiger partial charge in [0.05, 0.1) is 0 Å². The van der Waals surface area contributed by atoms with Gasteiger partial charge in [0, 0.05) is 0 Å². The average Bonchev–Trinajstić information content (AvgIpc) is 2.11. The Morgan fingerprint density at radius 2 is 2.00 bits per heavy atom. The van der Waals surface area contributed by atoms with Gasteiger partial charge in [0.1, 0.15) is 0 Å². The lowest BCUT2D eigenvalue weighted by molar-refractivity contribution is 0.737. The van der Waals surface area contributed by atoms with E-state index in [2.05, 4.69) is 48.5 Å². The van der Waals surface area contributed by atoms with Crippen molar-refractivity contribution in [1.29, 1.82) is 0 Å². The third kappa shape index (κ3) is 2.63. The van der Waals surface area contributed by atoms with Gasteiger partial charge in [-0.2, -0.15) is 0 Å². The summed E-state index contributed by atoms with van der Waals surface area (Å²) in [5.41, 5.74) is 2.78. The van der Waals surface area contributed by atoms with Crippen molar-refractivity contribution in [2.24, 2.45) is 5.92 Å². The second kappa shape index (κ2) is 4.08. The molecule has 0 unspecified atom stereocenters. The molecule has 0 saturated heterocycles. The van der Waals surface area contributed by atoms with Crippen molar-refractivity contribution in [3.63, 3.8) is 0 Å². The fraction of sp³-hybridized carbons (Fsp3) is 0.455. The second-order valence-corrected chi connectivity index (χ2v) is 4.63. The number of halogens is 1. The van der Waals surface area contributed by atoms with Crippen molar-refractivity contribution in [3.05, 3.63) is 34.4 Å². The van der Waals surface area contributed by atoms with Crippen molar-refractivity contribution in [2.75, 3.05) is 0 Å². The van der Waals surface area contributed by atoms with E-state index in [4.69, 9.17) is 0 Å². The lowest BCUT2D eigenvalue weighted by Gasteiger charge is -2.09. The molecule has 0 spiro atoms. The molecule has 0 atom stereocenters. The minimum Gasteiger partial charge on any atom is -0.0992 e. The van der Waals surface area contributed by atoms with Gasteiger partial charge in [0.2, 0.25) is 0 Å². The smallest absolute Gasteiger partial charge is 0.0000178 e. The Bertz CT molecular complexity index is 244. The maximum Gasteiger partial charge on any atom is -0.0000178 e. The minimum atomic E-state index is 0.636. The summed E-state index contributed by atoms with van der Waals surface area (Å²) in [5.74, 6) is 0.636. The monoisotopic (exact) mass is 226 g/mol. The zero-order valence-electron chi connectivity index (χ0n) is 7.73. The number of allylic oxidation sites excluding steroid dienone is 5. The fourth-order valence-corrected chi connectivity index (χ4v) is 1.83. The van der Waals surface area contributed by atoms with Crippen molar-refractivity contribution < 1.29 is 0 Å². The van der Waals surface area contributed by atoms with E-state index in [9.17, 15) is 0 Å². The molecule has 0 aromatic rings. The van der Waals surface area contributed by atoms with Crippen LogP contribution in [-0.2, 0) is 0 Å². The summed E-state index contributed by atoms with van der Waals surface area (Å²) < 4.78 is 1.24. The Kier molecular flexibility index (Phi) is 3.33. The van der Waals surface area contributed by atoms with Crippen LogP contribution in [0.15, 0.2) is 34.4 Å². The predicted molar refractivity (Wildman–Crippen MR) is 58.3 cm³/mol. The van der Waals surface area contributed by atoms with Crippen molar-refractivity contribution in [1.82, 2.24) is 0 Å². The van der Waals surface area contributed by atoms with Crippen molar-refractivity contribution in [2.45, 2.75) is 26.7 Å². The zero-order chi connectivity index (χ0) is 9.14. The van der Waals surface area contributed by atoms with Crippen LogP contribution in [0.5, 0.6) is 0 Å². The third-order valence-corrected chi connectivity index (χ3v) is 2.64. The van der Waals surface area contributed by atoms with E-state index >= 15 is 0 Å². The normalized spacial score (nSPS) is 18.8. The van der Waals surface area contributed by atoms with Crippen LogP contribution in [0.25, 0.3) is 0 Å². The summed E-state index contributed by atoms with van der Waals surface area (Å²) in [6.45, 7) is 8.50. The highest BCUT2D eigenvalue weighted by Gasteiger charge is 2.08. The van der Waals surface area contributed by atoms with Gasteiger partial charge in [-0.25, -0.2) is 0 Å². The molecular weight excluding hydrogens is 212 g/mol. The topological polar surface area (TPSA) is 0 Å². The summed E-state index contributed by atoms with van der Waals surface area (Å²) >= 11 is 3.51. The number of hydrogen-bond acceptors (Lipinski definition) is 0. The van der Waals surface area contributed by atoms with E-state index in [0.717, 1.165) is 12.8 Å². The van der Waals surface area contributed by atoms with Crippen LogP contribution in [0.3, 0.4) is 0 Å². The fourth-order valence-electron chi connectivity index (χ4n) is 1.30. The van der Waals surface area contributed by atoms with Crippen molar-refractivity contribution in [3.8, 4) is 0 Å². The van der Waals surface area contributed by atoms with Gasteiger partial charge in [-0.15, -0.1) is 0 Å². The van der Waals surface area contributed by atoms with Gasteiger partial charge >= 0.3 is 0 Å². The first kappa shape index (κ1) is 9.79. The van der Waals surface area contributed by atoms with Crippen LogP contribution in [0.1, 0.15) is 26.7 Å². The summed E-state index contributed by atoms with van der Waals surface area (Å²) in [6.07, 6.45) is 6.41. The zero-order valence-corrected chi connectivity index (χ0v) is 9.32. The molecule has 1 aliphatic carbocycles. The van der Waals surface area contributed by atoms with Gasteiger partial charge in [0.15, 0.2) is 0 Å². The summed E-state index contributed by atoms with van der Waals surface area (Å²) in [5, 5.41) is 0. The minimum absolute atomic E-state index is 0.636. The van der Waals surface area contributed by atoms with Gasteiger partial charge in [0.25, 0.3) is 0 Å². The van der Waals surface area contributed by atoms with E-state index in [0.29, 0.717) is 5.92 Å². The molecule has 12 heavy (non-hydrogen) atoms. The molecule has 0 aliphatic heterocycles. The lowest BCUT2D eigenvalue weighted by Crippen LogP contribution is -1.94. The maximum absolute atomic E-state index is 4.05. The van der Waals surface area contributed by atoms with E-state index in [1.807, 2.05) is 0 Å². The van der Waals surface area contributed by atoms with Crippen LogP contribution >= 0.6 is 15.9 Å². The van der Waals surface area contributed by atoms with Crippen LogP contribution in [0.2, 0.25) is 0 Å². The second-order valence-electron chi connectivity index (χ2n) is 3.61. The highest BCUT2D eigenvalue weighted by molar-refractivity contribution is 9.11. The maximum atomic E-state index is 4.05. The Morgan fingerprint density at radius 1 is 1.33 bits per heavy atom. The lowest BCUT2D eigenvalue weighted by atomic mass is 9.96. The molecule has 0 aromatic heterocycles. The van der Waals surface area contributed by atoms with Crippen LogP contribution in [-0.4, -0.2) is 0 Å². The first-order chi connectivity index (χ1) is 5.59. The van der Waals surface area contributed by atoms with Crippen LogP contribution in [0.4, 0.5) is 0 Å². The summed E-state index contributed by atoms with van der Waals surface area (Å²) in [7, 11) is 0. The van der Waals surface area contributed by atoms with E-state index in [-0.39, 0.29) is 0 Å². The Morgan fingerprint density at radius 3 is 2.58 bits per heavy atom. The van der Waals surface area contributed by atoms with Crippen LogP contribution in [0, 0.1) is 5.92 Å². The SMILES string of the molecule is C=C1CC(Br)=CC=C(C(C)C)C1. The Hall–Kier alpha value is -0.300. The number of hydrogen-bond donors (Lipinski definition) is 0. The van der Waals surface area contributed by atoms with Gasteiger partial charge < -0.3 is 0 Å². The Balaban J connectivity index is 2.82. The standard InChI is InChI=1S/C11H15Br/c1-8(2)10-4-5-11(12)7-9(3)6-10/h4-5,8H,3,6-7H2,1-2H3. The molecule has 1 heteroatoms. The van der Waals surface area contributed by atoms with E-state index < -0.39 is 0 Å². The number of rotatable bonds is 1. The molecule has 66 valence electrons. The first-order valence-corrected chi connectivity index (χ1v) is 5.10. The Labute approximate surface area is 83.2 Å². The molecule has 1 aliphatic rings. The molecule has 0 aromatic carbocycles. The average molecular weight is 227 g/mol. The van der Waals surface area contributed by atoms with E-state index in [1.54, 1.807) is 0 Å². The predicted octanol–water partition coefficient (Wildman–Crippen LogP) is 4.20. The van der Waals surface area contributed by atoms with Crippen LogP contribution < -0.4 is 0 Å².